The molecule has 1 aliphatic carbocycles. The van der Waals surface area contributed by atoms with E-state index in [9.17, 15) is 14.4 Å². The van der Waals surface area contributed by atoms with Crippen molar-refractivity contribution in [1.29, 1.82) is 0 Å². The predicted molar refractivity (Wildman–Crippen MR) is 115 cm³/mol. The van der Waals surface area contributed by atoms with Gasteiger partial charge in [0.2, 0.25) is 11.8 Å². The third kappa shape index (κ3) is 3.56. The van der Waals surface area contributed by atoms with Crippen LogP contribution in [0.3, 0.4) is 0 Å². The van der Waals surface area contributed by atoms with Crippen LogP contribution in [0.25, 0.3) is 0 Å². The monoisotopic (exact) mass is 425 g/mol. The van der Waals surface area contributed by atoms with Gasteiger partial charge in [-0.15, -0.1) is 0 Å². The average Bonchev–Trinajstić information content (AvgIpc) is 3.06. The Labute approximate surface area is 182 Å². The SMILES string of the molecule is NCCN1CCN(Cc2cccc3c2CN(C2CCC(=O)NC2=O)C3=O)CC12CCC2. The van der Waals surface area contributed by atoms with E-state index in [0.717, 1.165) is 38.3 Å². The van der Waals surface area contributed by atoms with Crippen molar-refractivity contribution in [2.24, 2.45) is 5.73 Å². The van der Waals surface area contributed by atoms with Crippen LogP contribution >= 0.6 is 0 Å². The van der Waals surface area contributed by atoms with Gasteiger partial charge in [0, 0.05) is 63.3 Å². The van der Waals surface area contributed by atoms with Crippen molar-refractivity contribution in [2.75, 3.05) is 32.7 Å². The van der Waals surface area contributed by atoms with Gasteiger partial charge in [0.1, 0.15) is 6.04 Å². The molecular weight excluding hydrogens is 394 g/mol. The quantitative estimate of drug-likeness (QED) is 0.665. The Bertz CT molecular complexity index is 912. The van der Waals surface area contributed by atoms with Crippen LogP contribution in [0.5, 0.6) is 0 Å². The van der Waals surface area contributed by atoms with Crippen LogP contribution in [0.4, 0.5) is 0 Å². The highest BCUT2D eigenvalue weighted by Gasteiger charge is 2.46. The molecule has 8 nitrogen and oxygen atoms in total. The molecule has 1 aromatic rings. The molecule has 31 heavy (non-hydrogen) atoms. The van der Waals surface area contributed by atoms with Crippen LogP contribution in [-0.2, 0) is 22.7 Å². The van der Waals surface area contributed by atoms with Crippen molar-refractivity contribution in [2.45, 2.75) is 56.8 Å². The van der Waals surface area contributed by atoms with Crippen LogP contribution in [-0.4, -0.2) is 76.7 Å². The molecule has 1 unspecified atom stereocenters. The summed E-state index contributed by atoms with van der Waals surface area (Å²) < 4.78 is 0. The lowest BCUT2D eigenvalue weighted by atomic mass is 9.73. The first-order valence-corrected chi connectivity index (χ1v) is 11.4. The Hall–Kier alpha value is -2.29. The maximum atomic E-state index is 13.1. The molecular formula is C23H31N5O3. The molecule has 0 aromatic heterocycles. The number of nitrogens with two attached hydrogens (primary N) is 1. The summed E-state index contributed by atoms with van der Waals surface area (Å²) in [5, 5.41) is 2.38. The number of amides is 3. The van der Waals surface area contributed by atoms with Crippen molar-refractivity contribution in [3.05, 3.63) is 34.9 Å². The Balaban J connectivity index is 1.32. The minimum Gasteiger partial charge on any atom is -0.329 e. The minimum atomic E-state index is -0.566. The summed E-state index contributed by atoms with van der Waals surface area (Å²) in [7, 11) is 0. The zero-order valence-electron chi connectivity index (χ0n) is 17.9. The summed E-state index contributed by atoms with van der Waals surface area (Å²) in [5.41, 5.74) is 9.01. The van der Waals surface area contributed by atoms with Gasteiger partial charge in [-0.2, -0.15) is 0 Å². The maximum Gasteiger partial charge on any atom is 0.255 e. The van der Waals surface area contributed by atoms with Gasteiger partial charge in [0.05, 0.1) is 0 Å². The Morgan fingerprint density at radius 1 is 1.16 bits per heavy atom. The number of benzene rings is 1. The van der Waals surface area contributed by atoms with E-state index in [2.05, 4.69) is 21.2 Å². The van der Waals surface area contributed by atoms with Crippen LogP contribution in [0.2, 0.25) is 0 Å². The molecule has 3 amide bonds. The standard InChI is InChI=1S/C23H31N5O3/c24-9-10-27-12-11-26(15-23(27)7-2-8-23)13-16-3-1-4-17-18(16)14-28(22(17)31)19-5-6-20(29)25-21(19)30/h1,3-4,19H,2,5-15,24H2,(H,25,29,30). The summed E-state index contributed by atoms with van der Waals surface area (Å²) in [6.45, 7) is 5.99. The van der Waals surface area contributed by atoms with E-state index in [1.54, 1.807) is 4.90 Å². The number of piperidine rings is 1. The van der Waals surface area contributed by atoms with Crippen molar-refractivity contribution < 1.29 is 14.4 Å². The molecule has 1 saturated carbocycles. The van der Waals surface area contributed by atoms with Crippen molar-refractivity contribution in [3.63, 3.8) is 0 Å². The van der Waals surface area contributed by atoms with E-state index in [0.29, 0.717) is 25.1 Å². The molecule has 1 spiro atoms. The van der Waals surface area contributed by atoms with Crippen LogP contribution in [0.1, 0.15) is 53.6 Å². The highest BCUT2D eigenvalue weighted by atomic mass is 16.2. The number of imide groups is 1. The maximum absolute atomic E-state index is 13.1. The molecule has 1 aromatic carbocycles. The second-order valence-corrected chi connectivity index (χ2v) is 9.41. The number of hydrogen-bond donors (Lipinski definition) is 2. The van der Waals surface area contributed by atoms with E-state index in [4.69, 9.17) is 5.73 Å². The van der Waals surface area contributed by atoms with Crippen molar-refractivity contribution in [3.8, 4) is 0 Å². The van der Waals surface area contributed by atoms with Crippen LogP contribution in [0, 0.1) is 0 Å². The third-order valence-electron chi connectivity index (χ3n) is 7.63. The first-order chi connectivity index (χ1) is 15.0. The van der Waals surface area contributed by atoms with Crippen LogP contribution in [0.15, 0.2) is 18.2 Å². The smallest absolute Gasteiger partial charge is 0.255 e. The van der Waals surface area contributed by atoms with Gasteiger partial charge < -0.3 is 10.6 Å². The molecule has 8 heteroatoms. The predicted octanol–water partition coefficient (Wildman–Crippen LogP) is 0.447. The van der Waals surface area contributed by atoms with Crippen molar-refractivity contribution in [1.82, 2.24) is 20.0 Å². The molecule has 2 saturated heterocycles. The fourth-order valence-electron chi connectivity index (χ4n) is 5.83. The minimum absolute atomic E-state index is 0.102. The molecule has 5 rings (SSSR count). The molecule has 166 valence electrons. The lowest BCUT2D eigenvalue weighted by molar-refractivity contribution is -0.136. The molecule has 3 heterocycles. The van der Waals surface area contributed by atoms with Gasteiger partial charge >= 0.3 is 0 Å². The first-order valence-electron chi connectivity index (χ1n) is 11.4. The molecule has 3 N–H and O–H groups in total. The second kappa shape index (κ2) is 8.00. The number of rotatable bonds is 5. The van der Waals surface area contributed by atoms with Crippen LogP contribution < -0.4 is 11.1 Å². The van der Waals surface area contributed by atoms with Gasteiger partial charge in [-0.05, 0) is 42.9 Å². The Kier molecular flexibility index (Phi) is 5.32. The number of nitrogens with zero attached hydrogens (tertiary/aromatic N) is 3. The molecule has 0 radical (unpaired) electrons. The first kappa shape index (κ1) is 20.6. The highest BCUT2D eigenvalue weighted by Crippen LogP contribution is 2.41. The normalized spacial score (nSPS) is 26.2. The molecule has 1 atom stereocenters. The summed E-state index contributed by atoms with van der Waals surface area (Å²) in [5.74, 6) is -0.721. The summed E-state index contributed by atoms with van der Waals surface area (Å²) in [6.07, 6.45) is 4.42. The number of carbonyl (C=O) groups excluding carboxylic acids is 3. The second-order valence-electron chi connectivity index (χ2n) is 9.41. The van der Waals surface area contributed by atoms with E-state index < -0.39 is 6.04 Å². The Morgan fingerprint density at radius 2 is 2.00 bits per heavy atom. The Morgan fingerprint density at radius 3 is 2.71 bits per heavy atom. The summed E-state index contributed by atoms with van der Waals surface area (Å²) in [6, 6.07) is 5.35. The van der Waals surface area contributed by atoms with Gasteiger partial charge in [0.25, 0.3) is 5.91 Å². The van der Waals surface area contributed by atoms with Gasteiger partial charge in [0.15, 0.2) is 0 Å². The average molecular weight is 426 g/mol. The number of piperazine rings is 1. The summed E-state index contributed by atoms with van der Waals surface area (Å²) in [4.78, 5) is 43.6. The lowest BCUT2D eigenvalue weighted by Gasteiger charge is -2.56. The van der Waals surface area contributed by atoms with Crippen molar-refractivity contribution >= 4 is 17.7 Å². The number of fused-ring (bicyclic) bond motifs is 1. The molecule has 0 bridgehead atoms. The third-order valence-corrected chi connectivity index (χ3v) is 7.63. The van der Waals surface area contributed by atoms with E-state index in [1.165, 1.54) is 24.8 Å². The summed E-state index contributed by atoms with van der Waals surface area (Å²) >= 11 is 0. The topological polar surface area (TPSA) is 99.0 Å². The molecule has 3 aliphatic heterocycles. The molecule has 3 fully saturated rings. The zero-order chi connectivity index (χ0) is 21.6. The zero-order valence-corrected chi connectivity index (χ0v) is 17.9. The van der Waals surface area contributed by atoms with E-state index in [1.807, 2.05) is 12.1 Å². The largest absolute Gasteiger partial charge is 0.329 e. The lowest BCUT2D eigenvalue weighted by Crippen LogP contribution is -2.65. The fraction of sp³-hybridized carbons (Fsp3) is 0.609. The number of nitrogens with one attached hydrogen (secondary N) is 1. The number of carbonyl (C=O) groups is 3. The number of hydrogen-bond acceptors (Lipinski definition) is 6. The van der Waals surface area contributed by atoms with Gasteiger partial charge in [-0.3, -0.25) is 29.5 Å². The molecule has 4 aliphatic rings. The van der Waals surface area contributed by atoms with Gasteiger partial charge in [-0.1, -0.05) is 12.1 Å². The fourth-order valence-corrected chi connectivity index (χ4v) is 5.83. The van der Waals surface area contributed by atoms with Gasteiger partial charge in [-0.25, -0.2) is 0 Å². The highest BCUT2D eigenvalue weighted by molar-refractivity contribution is 6.05. The van der Waals surface area contributed by atoms with E-state index in [-0.39, 0.29) is 29.7 Å². The van der Waals surface area contributed by atoms with E-state index >= 15 is 0 Å².